The van der Waals surface area contributed by atoms with E-state index in [9.17, 15) is 8.42 Å². The molecular formula is C10H22N2O2S. The predicted octanol–water partition coefficient (Wildman–Crippen LogP) is 0.799. The van der Waals surface area contributed by atoms with Crippen molar-refractivity contribution >= 4 is 10.0 Å². The van der Waals surface area contributed by atoms with Crippen molar-refractivity contribution < 1.29 is 8.42 Å². The van der Waals surface area contributed by atoms with Crippen LogP contribution in [-0.4, -0.2) is 42.6 Å². The first-order valence-electron chi connectivity index (χ1n) is 5.31. The van der Waals surface area contributed by atoms with Crippen molar-refractivity contribution in [3.05, 3.63) is 0 Å². The highest BCUT2D eigenvalue weighted by molar-refractivity contribution is 7.90. The fraction of sp³-hybridized carbons (Fsp3) is 1.00. The van der Waals surface area contributed by atoms with Crippen LogP contribution in [-0.2, 0) is 10.0 Å². The predicted molar refractivity (Wildman–Crippen MR) is 62.3 cm³/mol. The van der Waals surface area contributed by atoms with Gasteiger partial charge in [-0.05, 0) is 34.6 Å². The summed E-state index contributed by atoms with van der Waals surface area (Å²) in [6, 6.07) is 0. The number of hydrogen-bond acceptors (Lipinski definition) is 3. The largest absolute Gasteiger partial charge is 0.309 e. The molecule has 5 heteroatoms. The third-order valence-electron chi connectivity index (χ3n) is 2.65. The maximum Gasteiger partial charge on any atom is 0.219 e. The van der Waals surface area contributed by atoms with Crippen LogP contribution in [0.1, 0.15) is 34.6 Å². The number of nitrogens with zero attached hydrogens (tertiary/aromatic N) is 1. The molecule has 90 valence electrons. The van der Waals surface area contributed by atoms with Crippen LogP contribution in [0.4, 0.5) is 0 Å². The lowest BCUT2D eigenvalue weighted by atomic mass is 10.0. The zero-order chi connectivity index (χ0) is 11.9. The molecule has 0 aliphatic carbocycles. The van der Waals surface area contributed by atoms with E-state index < -0.39 is 14.8 Å². The second-order valence-electron chi connectivity index (χ2n) is 5.76. The number of rotatable bonds is 1. The van der Waals surface area contributed by atoms with Gasteiger partial charge < -0.3 is 5.32 Å². The molecule has 1 aliphatic heterocycles. The summed E-state index contributed by atoms with van der Waals surface area (Å²) in [5.41, 5.74) is -0.128. The average molecular weight is 234 g/mol. The van der Waals surface area contributed by atoms with E-state index in [1.807, 2.05) is 13.8 Å². The summed E-state index contributed by atoms with van der Waals surface area (Å²) in [6.45, 7) is 11.1. The van der Waals surface area contributed by atoms with Gasteiger partial charge in [0.1, 0.15) is 0 Å². The van der Waals surface area contributed by atoms with E-state index in [1.165, 1.54) is 0 Å². The van der Waals surface area contributed by atoms with Crippen LogP contribution in [0, 0.1) is 0 Å². The molecule has 1 fully saturated rings. The lowest BCUT2D eigenvalue weighted by Crippen LogP contribution is -2.60. The van der Waals surface area contributed by atoms with E-state index in [-0.39, 0.29) is 5.54 Å². The van der Waals surface area contributed by atoms with Crippen molar-refractivity contribution in [2.75, 3.05) is 19.6 Å². The molecule has 0 aromatic rings. The van der Waals surface area contributed by atoms with Gasteiger partial charge in [0.2, 0.25) is 10.0 Å². The van der Waals surface area contributed by atoms with Crippen LogP contribution in [0.3, 0.4) is 0 Å². The van der Waals surface area contributed by atoms with Crippen molar-refractivity contribution in [1.29, 1.82) is 0 Å². The highest BCUT2D eigenvalue weighted by atomic mass is 32.2. The Labute approximate surface area is 93.1 Å². The number of piperazine rings is 1. The van der Waals surface area contributed by atoms with Crippen LogP contribution < -0.4 is 5.32 Å². The van der Waals surface area contributed by atoms with E-state index in [0.29, 0.717) is 13.1 Å². The summed E-state index contributed by atoms with van der Waals surface area (Å²) in [6.07, 6.45) is 0. The molecule has 15 heavy (non-hydrogen) atoms. The smallest absolute Gasteiger partial charge is 0.219 e. The molecule has 0 aromatic heterocycles. The molecule has 0 saturated carbocycles. The Kier molecular flexibility index (Phi) is 3.20. The highest BCUT2D eigenvalue weighted by Crippen LogP contribution is 2.23. The fourth-order valence-corrected chi connectivity index (χ4v) is 3.29. The van der Waals surface area contributed by atoms with Crippen molar-refractivity contribution in [2.24, 2.45) is 0 Å². The Morgan fingerprint density at radius 2 is 1.80 bits per heavy atom. The Hall–Kier alpha value is -0.130. The number of nitrogens with one attached hydrogen (secondary N) is 1. The molecule has 1 saturated heterocycles. The van der Waals surface area contributed by atoms with Crippen molar-refractivity contribution in [3.63, 3.8) is 0 Å². The lowest BCUT2D eigenvalue weighted by Gasteiger charge is -2.40. The minimum absolute atomic E-state index is 0.128. The summed E-state index contributed by atoms with van der Waals surface area (Å²) in [5, 5.41) is 3.31. The molecular weight excluding hydrogens is 212 g/mol. The van der Waals surface area contributed by atoms with Crippen LogP contribution in [0.15, 0.2) is 0 Å². The highest BCUT2D eigenvalue weighted by Gasteiger charge is 2.39. The monoisotopic (exact) mass is 234 g/mol. The normalized spacial score (nSPS) is 24.1. The first-order valence-corrected chi connectivity index (χ1v) is 6.75. The van der Waals surface area contributed by atoms with Gasteiger partial charge in [-0.1, -0.05) is 0 Å². The lowest BCUT2D eigenvalue weighted by molar-refractivity contribution is 0.230. The maximum absolute atomic E-state index is 12.2. The SMILES string of the molecule is CC1(C)CN(S(=O)(=O)C(C)(C)C)CCN1. The minimum Gasteiger partial charge on any atom is -0.309 e. The Morgan fingerprint density at radius 3 is 2.20 bits per heavy atom. The average Bonchev–Trinajstić information content (AvgIpc) is 2.00. The standard InChI is InChI=1S/C10H22N2O2S/c1-9(2,3)15(13,14)12-7-6-11-10(4,5)8-12/h11H,6-8H2,1-5H3. The Balaban J connectivity index is 2.90. The van der Waals surface area contributed by atoms with Gasteiger partial charge in [-0.2, -0.15) is 4.31 Å². The number of hydrogen-bond donors (Lipinski definition) is 1. The van der Waals surface area contributed by atoms with Crippen molar-refractivity contribution in [2.45, 2.75) is 44.9 Å². The minimum atomic E-state index is -3.18. The second kappa shape index (κ2) is 3.71. The first-order chi connectivity index (χ1) is 6.56. The van der Waals surface area contributed by atoms with Gasteiger partial charge >= 0.3 is 0 Å². The third kappa shape index (κ3) is 2.71. The van der Waals surface area contributed by atoms with Gasteiger partial charge in [-0.15, -0.1) is 0 Å². The zero-order valence-corrected chi connectivity index (χ0v) is 11.1. The van der Waals surface area contributed by atoms with Gasteiger partial charge in [-0.3, -0.25) is 0 Å². The Bertz CT molecular complexity index is 328. The molecule has 0 amide bonds. The van der Waals surface area contributed by atoms with Crippen LogP contribution in [0.2, 0.25) is 0 Å². The summed E-state index contributed by atoms with van der Waals surface area (Å²) < 4.78 is 25.3. The first kappa shape index (κ1) is 12.9. The molecule has 1 heterocycles. The third-order valence-corrected chi connectivity index (χ3v) is 5.19. The zero-order valence-electron chi connectivity index (χ0n) is 10.3. The van der Waals surface area contributed by atoms with Gasteiger partial charge in [0, 0.05) is 25.2 Å². The fourth-order valence-electron chi connectivity index (χ4n) is 1.69. The molecule has 0 aromatic carbocycles. The van der Waals surface area contributed by atoms with Gasteiger partial charge in [-0.25, -0.2) is 8.42 Å². The summed E-state index contributed by atoms with van der Waals surface area (Å²) in [4.78, 5) is 0. The maximum atomic E-state index is 12.2. The van der Waals surface area contributed by atoms with E-state index in [2.05, 4.69) is 5.32 Å². The van der Waals surface area contributed by atoms with Crippen LogP contribution >= 0.6 is 0 Å². The quantitative estimate of drug-likeness (QED) is 0.730. The molecule has 1 N–H and O–H groups in total. The number of sulfonamides is 1. The second-order valence-corrected chi connectivity index (χ2v) is 8.45. The molecule has 0 bridgehead atoms. The van der Waals surface area contributed by atoms with Gasteiger partial charge in [0.15, 0.2) is 0 Å². The molecule has 1 aliphatic rings. The van der Waals surface area contributed by atoms with Gasteiger partial charge in [0.05, 0.1) is 4.75 Å². The van der Waals surface area contributed by atoms with E-state index >= 15 is 0 Å². The van der Waals surface area contributed by atoms with Crippen molar-refractivity contribution in [1.82, 2.24) is 9.62 Å². The topological polar surface area (TPSA) is 49.4 Å². The molecule has 0 unspecified atom stereocenters. The van der Waals surface area contributed by atoms with E-state index in [0.717, 1.165) is 6.54 Å². The molecule has 0 spiro atoms. The summed E-state index contributed by atoms with van der Waals surface area (Å²) in [5.74, 6) is 0. The van der Waals surface area contributed by atoms with E-state index in [1.54, 1.807) is 25.1 Å². The Morgan fingerprint density at radius 1 is 1.27 bits per heavy atom. The van der Waals surface area contributed by atoms with Gasteiger partial charge in [0.25, 0.3) is 0 Å². The summed E-state index contributed by atoms with van der Waals surface area (Å²) in [7, 11) is -3.18. The molecule has 1 rings (SSSR count). The summed E-state index contributed by atoms with van der Waals surface area (Å²) >= 11 is 0. The molecule has 4 nitrogen and oxygen atoms in total. The molecule has 0 atom stereocenters. The van der Waals surface area contributed by atoms with Crippen LogP contribution in [0.25, 0.3) is 0 Å². The van der Waals surface area contributed by atoms with Crippen LogP contribution in [0.5, 0.6) is 0 Å². The van der Waals surface area contributed by atoms with Crippen molar-refractivity contribution in [3.8, 4) is 0 Å². The van der Waals surface area contributed by atoms with E-state index in [4.69, 9.17) is 0 Å². The molecule has 0 radical (unpaired) electrons.